The Morgan fingerprint density at radius 2 is 2.05 bits per heavy atom. The zero-order valence-corrected chi connectivity index (χ0v) is 12.1. The minimum atomic E-state index is -3.40. The fourth-order valence-corrected chi connectivity index (χ4v) is 2.49. The number of rotatable bonds is 5. The van der Waals surface area contributed by atoms with Crippen LogP contribution in [0.1, 0.15) is 22.3 Å². The van der Waals surface area contributed by atoms with Crippen LogP contribution in [0, 0.1) is 0 Å². The number of halogens is 2. The molecule has 1 amide bonds. The van der Waals surface area contributed by atoms with E-state index in [4.69, 9.17) is 5.11 Å². The Kier molecular flexibility index (Phi) is 4.75. The summed E-state index contributed by atoms with van der Waals surface area (Å²) in [6.45, 7) is -0.389. The summed E-state index contributed by atoms with van der Waals surface area (Å²) in [7, 11) is 1.28. The summed E-state index contributed by atoms with van der Waals surface area (Å²) in [5.74, 6) is -5.10. The molecule has 1 atom stereocenters. The third kappa shape index (κ3) is 3.24. The minimum Gasteiger partial charge on any atom is -0.465 e. The number of esters is 1. The van der Waals surface area contributed by atoms with E-state index in [1.165, 1.54) is 7.11 Å². The summed E-state index contributed by atoms with van der Waals surface area (Å²) < 4.78 is 31.3. The second-order valence-electron chi connectivity index (χ2n) is 5.18. The average molecular weight is 313 g/mol. The topological polar surface area (TPSA) is 66.8 Å². The second kappa shape index (κ2) is 6.39. The van der Waals surface area contributed by atoms with Crippen molar-refractivity contribution < 1.29 is 28.2 Å². The molecular formula is C15H17F2NO4. The summed E-state index contributed by atoms with van der Waals surface area (Å²) >= 11 is 0. The molecule has 0 saturated carbocycles. The molecule has 1 aliphatic heterocycles. The molecule has 1 saturated heterocycles. The number of methoxy groups -OCH3 is 1. The van der Waals surface area contributed by atoms with Gasteiger partial charge in [-0.05, 0) is 24.1 Å². The van der Waals surface area contributed by atoms with Crippen LogP contribution in [0.2, 0.25) is 0 Å². The maximum absolute atomic E-state index is 13.4. The number of aliphatic hydroxyl groups is 1. The van der Waals surface area contributed by atoms with E-state index in [1.807, 2.05) is 0 Å². The van der Waals surface area contributed by atoms with Gasteiger partial charge in [0.15, 0.2) is 0 Å². The number of likely N-dealkylation sites (tertiary alicyclic amines) is 1. The number of amides is 1. The Morgan fingerprint density at radius 1 is 1.41 bits per heavy atom. The van der Waals surface area contributed by atoms with Crippen molar-refractivity contribution in [2.75, 3.05) is 20.3 Å². The molecular weight excluding hydrogens is 296 g/mol. The van der Waals surface area contributed by atoms with Gasteiger partial charge in [-0.2, -0.15) is 8.78 Å². The van der Waals surface area contributed by atoms with Crippen molar-refractivity contribution in [3.8, 4) is 0 Å². The number of alkyl halides is 2. The molecule has 1 aliphatic rings. The normalized spacial score (nSPS) is 20.3. The van der Waals surface area contributed by atoms with E-state index in [0.717, 1.165) is 10.5 Å². The maximum Gasteiger partial charge on any atom is 0.337 e. The fraction of sp³-hybridized carbons (Fsp3) is 0.467. The van der Waals surface area contributed by atoms with Crippen LogP contribution in [0.3, 0.4) is 0 Å². The lowest BCUT2D eigenvalue weighted by Crippen LogP contribution is -2.39. The number of hydrogen-bond acceptors (Lipinski definition) is 4. The smallest absolute Gasteiger partial charge is 0.337 e. The first-order chi connectivity index (χ1) is 10.4. The van der Waals surface area contributed by atoms with Gasteiger partial charge in [-0.15, -0.1) is 0 Å². The molecule has 1 aromatic rings. The van der Waals surface area contributed by atoms with Crippen molar-refractivity contribution >= 4 is 11.9 Å². The van der Waals surface area contributed by atoms with Gasteiger partial charge in [-0.25, -0.2) is 4.79 Å². The number of carbonyl (C=O) groups excluding carboxylic acids is 2. The third-order valence-electron chi connectivity index (χ3n) is 3.73. The van der Waals surface area contributed by atoms with E-state index < -0.39 is 36.9 Å². The fourth-order valence-electron chi connectivity index (χ4n) is 2.49. The van der Waals surface area contributed by atoms with Crippen LogP contribution in [0.4, 0.5) is 8.78 Å². The molecule has 120 valence electrons. The molecule has 1 heterocycles. The van der Waals surface area contributed by atoms with Crippen LogP contribution in [-0.2, 0) is 16.0 Å². The monoisotopic (exact) mass is 313 g/mol. The molecule has 0 aliphatic carbocycles. The number of ether oxygens (including phenoxy) is 1. The molecule has 0 aromatic heterocycles. The molecule has 1 aromatic carbocycles. The van der Waals surface area contributed by atoms with Crippen LogP contribution in [0.15, 0.2) is 24.3 Å². The van der Waals surface area contributed by atoms with E-state index in [-0.39, 0.29) is 6.54 Å². The SMILES string of the molecule is COC(=O)c1ccc(CCN2C(=O)C(F)(F)C[C@@H]2CO)cc1. The number of nitrogens with zero attached hydrogens (tertiary/aromatic N) is 1. The summed E-state index contributed by atoms with van der Waals surface area (Å²) in [5, 5.41) is 9.13. The predicted molar refractivity (Wildman–Crippen MR) is 73.6 cm³/mol. The molecule has 0 radical (unpaired) electrons. The van der Waals surface area contributed by atoms with Crippen LogP contribution in [0.5, 0.6) is 0 Å². The number of aliphatic hydroxyl groups excluding tert-OH is 1. The van der Waals surface area contributed by atoms with Gasteiger partial charge in [-0.1, -0.05) is 12.1 Å². The van der Waals surface area contributed by atoms with Crippen LogP contribution >= 0.6 is 0 Å². The predicted octanol–water partition coefficient (Wildman–Crippen LogP) is 1.24. The van der Waals surface area contributed by atoms with Gasteiger partial charge in [0, 0.05) is 13.0 Å². The van der Waals surface area contributed by atoms with Crippen molar-refractivity contribution in [3.63, 3.8) is 0 Å². The van der Waals surface area contributed by atoms with Gasteiger partial charge in [0.05, 0.1) is 25.3 Å². The molecule has 1 N–H and O–H groups in total. The van der Waals surface area contributed by atoms with E-state index in [2.05, 4.69) is 4.74 Å². The van der Waals surface area contributed by atoms with Crippen LogP contribution in [-0.4, -0.2) is 54.1 Å². The maximum atomic E-state index is 13.4. The average Bonchev–Trinajstić information content (AvgIpc) is 2.75. The lowest BCUT2D eigenvalue weighted by atomic mass is 10.1. The summed E-state index contributed by atoms with van der Waals surface area (Å²) in [6.07, 6.45) is -0.288. The van der Waals surface area contributed by atoms with Crippen molar-refractivity contribution in [2.45, 2.75) is 24.8 Å². The Hall–Kier alpha value is -2.02. The van der Waals surface area contributed by atoms with Crippen LogP contribution < -0.4 is 0 Å². The van der Waals surface area contributed by atoms with Gasteiger partial charge in [0.1, 0.15) is 0 Å². The largest absolute Gasteiger partial charge is 0.465 e. The summed E-state index contributed by atoms with van der Waals surface area (Å²) in [6, 6.07) is 5.66. The highest BCUT2D eigenvalue weighted by Crippen LogP contribution is 2.33. The number of benzene rings is 1. The first-order valence-corrected chi connectivity index (χ1v) is 6.86. The zero-order valence-electron chi connectivity index (χ0n) is 12.1. The Bertz CT molecular complexity index is 559. The van der Waals surface area contributed by atoms with Crippen molar-refractivity contribution in [2.24, 2.45) is 0 Å². The van der Waals surface area contributed by atoms with E-state index in [9.17, 15) is 18.4 Å². The highest BCUT2D eigenvalue weighted by atomic mass is 19.3. The van der Waals surface area contributed by atoms with Gasteiger partial charge < -0.3 is 14.7 Å². The zero-order chi connectivity index (χ0) is 16.3. The second-order valence-corrected chi connectivity index (χ2v) is 5.18. The third-order valence-corrected chi connectivity index (χ3v) is 3.73. The highest BCUT2D eigenvalue weighted by Gasteiger charge is 2.52. The quantitative estimate of drug-likeness (QED) is 0.831. The lowest BCUT2D eigenvalue weighted by Gasteiger charge is -2.22. The molecule has 0 bridgehead atoms. The van der Waals surface area contributed by atoms with Gasteiger partial charge in [0.2, 0.25) is 0 Å². The summed E-state index contributed by atoms with van der Waals surface area (Å²) in [5.41, 5.74) is 1.19. The Balaban J connectivity index is 2.00. The van der Waals surface area contributed by atoms with Crippen molar-refractivity contribution in [1.82, 2.24) is 4.90 Å². The first-order valence-electron chi connectivity index (χ1n) is 6.86. The lowest BCUT2D eigenvalue weighted by molar-refractivity contribution is -0.148. The standard InChI is InChI=1S/C15H17F2NO4/c1-22-13(20)11-4-2-10(3-5-11)6-7-18-12(9-19)8-15(16,17)14(18)21/h2-5,12,19H,6-9H2,1H3/t12-/m1/s1. The molecule has 22 heavy (non-hydrogen) atoms. The van der Waals surface area contributed by atoms with E-state index >= 15 is 0 Å². The Morgan fingerprint density at radius 3 is 2.59 bits per heavy atom. The van der Waals surface area contributed by atoms with Gasteiger partial charge in [0.25, 0.3) is 5.91 Å². The van der Waals surface area contributed by atoms with Crippen LogP contribution in [0.25, 0.3) is 0 Å². The number of hydrogen-bond donors (Lipinski definition) is 1. The first kappa shape index (κ1) is 16.4. The Labute approximate surface area is 126 Å². The molecule has 1 fully saturated rings. The van der Waals surface area contributed by atoms with Crippen molar-refractivity contribution in [3.05, 3.63) is 35.4 Å². The molecule has 0 spiro atoms. The molecule has 2 rings (SSSR count). The highest BCUT2D eigenvalue weighted by molar-refractivity contribution is 5.89. The minimum absolute atomic E-state index is 0.0945. The molecule has 7 heteroatoms. The molecule has 5 nitrogen and oxygen atoms in total. The van der Waals surface area contributed by atoms with Gasteiger partial charge in [-0.3, -0.25) is 4.79 Å². The molecule has 0 unspecified atom stereocenters. The summed E-state index contributed by atoms with van der Waals surface area (Å²) in [4.78, 5) is 23.9. The van der Waals surface area contributed by atoms with Crippen molar-refractivity contribution in [1.29, 1.82) is 0 Å². The van der Waals surface area contributed by atoms with Gasteiger partial charge >= 0.3 is 11.9 Å². The van der Waals surface area contributed by atoms with E-state index in [1.54, 1.807) is 24.3 Å². The number of carbonyl (C=O) groups is 2. The van der Waals surface area contributed by atoms with E-state index in [0.29, 0.717) is 12.0 Å².